The van der Waals surface area contributed by atoms with Crippen molar-refractivity contribution in [2.45, 2.75) is 6.43 Å². The normalized spacial score (nSPS) is 10.1. The van der Waals surface area contributed by atoms with Gasteiger partial charge >= 0.3 is 5.97 Å². The highest BCUT2D eigenvalue weighted by molar-refractivity contribution is 5.89. The lowest BCUT2D eigenvalue weighted by molar-refractivity contribution is 0.0600. The van der Waals surface area contributed by atoms with Crippen molar-refractivity contribution in [3.05, 3.63) is 64.5 Å². The second kappa shape index (κ2) is 6.88. The highest BCUT2D eigenvalue weighted by Crippen LogP contribution is 2.26. The fraction of sp³-hybridized carbons (Fsp3) is 0.118. The summed E-state index contributed by atoms with van der Waals surface area (Å²) in [4.78, 5) is 11.3. The third kappa shape index (κ3) is 3.83. The molecule has 3 nitrogen and oxygen atoms in total. The number of carbonyl (C=O) groups excluding carboxylic acids is 1. The van der Waals surface area contributed by atoms with Crippen LogP contribution in [0.3, 0.4) is 0 Å². The van der Waals surface area contributed by atoms with Crippen LogP contribution in [0.25, 0.3) is 0 Å². The highest BCUT2D eigenvalue weighted by atomic mass is 19.3. The molecule has 118 valence electrons. The smallest absolute Gasteiger partial charge is 0.337 e. The first kappa shape index (κ1) is 16.4. The van der Waals surface area contributed by atoms with Gasteiger partial charge in [-0.3, -0.25) is 0 Å². The van der Waals surface area contributed by atoms with E-state index in [4.69, 9.17) is 0 Å². The van der Waals surface area contributed by atoms with Crippen LogP contribution in [0, 0.1) is 17.7 Å². The predicted octanol–water partition coefficient (Wildman–Crippen LogP) is 3.66. The van der Waals surface area contributed by atoms with Crippen molar-refractivity contribution in [2.75, 3.05) is 7.11 Å². The molecule has 0 unspecified atom stereocenters. The first-order valence-electron chi connectivity index (χ1n) is 6.43. The van der Waals surface area contributed by atoms with Gasteiger partial charge in [0.15, 0.2) is 0 Å². The summed E-state index contributed by atoms with van der Waals surface area (Å²) in [6.45, 7) is 0. The monoisotopic (exact) mass is 320 g/mol. The largest absolute Gasteiger partial charge is 0.508 e. The van der Waals surface area contributed by atoms with Gasteiger partial charge in [0.05, 0.1) is 18.2 Å². The van der Waals surface area contributed by atoms with Crippen LogP contribution in [0.5, 0.6) is 5.75 Å². The van der Waals surface area contributed by atoms with E-state index in [1.165, 1.54) is 31.4 Å². The molecule has 0 atom stereocenters. The molecule has 0 radical (unpaired) electrons. The number of methoxy groups -OCH3 is 1. The zero-order chi connectivity index (χ0) is 17.0. The number of esters is 1. The second-order valence-corrected chi connectivity index (χ2v) is 4.51. The molecule has 2 aromatic rings. The molecule has 6 heteroatoms. The Labute approximate surface area is 130 Å². The van der Waals surface area contributed by atoms with E-state index in [1.54, 1.807) is 0 Å². The van der Waals surface area contributed by atoms with Crippen molar-refractivity contribution in [3.8, 4) is 17.6 Å². The minimum absolute atomic E-state index is 0.0192. The Morgan fingerprint density at radius 1 is 1.13 bits per heavy atom. The highest BCUT2D eigenvalue weighted by Gasteiger charge is 2.13. The molecule has 0 aromatic heterocycles. The number of benzene rings is 2. The van der Waals surface area contributed by atoms with E-state index in [9.17, 15) is 23.1 Å². The number of aromatic hydroxyl groups is 1. The van der Waals surface area contributed by atoms with Crippen LogP contribution in [0.15, 0.2) is 36.4 Å². The van der Waals surface area contributed by atoms with E-state index in [-0.39, 0.29) is 22.4 Å². The fourth-order valence-corrected chi connectivity index (χ4v) is 1.84. The van der Waals surface area contributed by atoms with E-state index >= 15 is 0 Å². The number of hydrogen-bond acceptors (Lipinski definition) is 3. The van der Waals surface area contributed by atoms with Crippen LogP contribution >= 0.6 is 0 Å². The topological polar surface area (TPSA) is 46.5 Å². The van der Waals surface area contributed by atoms with Crippen molar-refractivity contribution in [1.82, 2.24) is 0 Å². The summed E-state index contributed by atoms with van der Waals surface area (Å²) < 4.78 is 44.1. The van der Waals surface area contributed by atoms with Crippen molar-refractivity contribution >= 4 is 5.97 Å². The summed E-state index contributed by atoms with van der Waals surface area (Å²) in [6.07, 6.45) is -2.82. The van der Waals surface area contributed by atoms with Gasteiger partial charge in [0.2, 0.25) is 0 Å². The molecule has 0 fully saturated rings. The molecule has 1 N–H and O–H groups in total. The van der Waals surface area contributed by atoms with E-state index in [2.05, 4.69) is 16.6 Å². The molecule has 0 saturated carbocycles. The summed E-state index contributed by atoms with van der Waals surface area (Å²) in [5, 5.41) is 9.24. The Bertz CT molecular complexity index is 804. The van der Waals surface area contributed by atoms with Crippen LogP contribution in [0.1, 0.15) is 33.5 Å². The number of rotatable bonds is 2. The van der Waals surface area contributed by atoms with E-state index in [1.807, 2.05) is 0 Å². The molecule has 23 heavy (non-hydrogen) atoms. The molecule has 0 amide bonds. The van der Waals surface area contributed by atoms with Gasteiger partial charge in [-0.15, -0.1) is 0 Å². The number of phenolic OH excluding ortho intramolecular Hbond substituents is 1. The maximum absolute atomic E-state index is 13.9. The van der Waals surface area contributed by atoms with Gasteiger partial charge in [0.25, 0.3) is 6.43 Å². The van der Waals surface area contributed by atoms with Gasteiger partial charge in [0, 0.05) is 11.1 Å². The number of halogens is 3. The van der Waals surface area contributed by atoms with E-state index in [0.29, 0.717) is 0 Å². The third-order valence-corrected chi connectivity index (χ3v) is 2.99. The molecule has 2 rings (SSSR count). The molecule has 0 aliphatic carbocycles. The van der Waals surface area contributed by atoms with Crippen LogP contribution < -0.4 is 0 Å². The lowest BCUT2D eigenvalue weighted by Crippen LogP contribution is -2.02. The van der Waals surface area contributed by atoms with E-state index < -0.39 is 23.8 Å². The molecule has 0 spiro atoms. The number of phenols is 1. The number of hydrogen-bond donors (Lipinski definition) is 1. The number of ether oxygens (including phenoxy) is 1. The minimum Gasteiger partial charge on any atom is -0.508 e. The fourth-order valence-electron chi connectivity index (χ4n) is 1.84. The summed E-state index contributed by atoms with van der Waals surface area (Å²) in [5.74, 6) is 3.12. The van der Waals surface area contributed by atoms with Gasteiger partial charge in [-0.05, 0) is 36.4 Å². The zero-order valence-electron chi connectivity index (χ0n) is 11.9. The van der Waals surface area contributed by atoms with Gasteiger partial charge in [-0.2, -0.15) is 0 Å². The lowest BCUT2D eigenvalue weighted by atomic mass is 10.1. The zero-order valence-corrected chi connectivity index (χ0v) is 11.9. The van der Waals surface area contributed by atoms with Crippen LogP contribution in [0.4, 0.5) is 13.2 Å². The standard InChI is InChI=1S/C17H11F3O3/c1-23-17(22)12-5-4-11(15(18)8-12)3-2-10-6-7-13(21)9-14(10)16(19)20/h4-9,16,21H,1H3. The summed E-state index contributed by atoms with van der Waals surface area (Å²) in [6, 6.07) is 6.89. The lowest BCUT2D eigenvalue weighted by Gasteiger charge is -2.04. The van der Waals surface area contributed by atoms with Crippen molar-refractivity contribution in [2.24, 2.45) is 0 Å². The molecule has 0 bridgehead atoms. The summed E-state index contributed by atoms with van der Waals surface area (Å²) >= 11 is 0. The summed E-state index contributed by atoms with van der Waals surface area (Å²) in [7, 11) is 1.17. The van der Waals surface area contributed by atoms with Gasteiger partial charge in [-0.25, -0.2) is 18.0 Å². The quantitative estimate of drug-likeness (QED) is 0.678. The second-order valence-electron chi connectivity index (χ2n) is 4.51. The Morgan fingerprint density at radius 2 is 1.78 bits per heavy atom. The van der Waals surface area contributed by atoms with Crippen LogP contribution in [-0.4, -0.2) is 18.2 Å². The molecule has 0 aliphatic rings. The molecule has 2 aromatic carbocycles. The Morgan fingerprint density at radius 3 is 2.39 bits per heavy atom. The van der Waals surface area contributed by atoms with Gasteiger partial charge in [0.1, 0.15) is 11.6 Å². The Balaban J connectivity index is 2.38. The van der Waals surface area contributed by atoms with Crippen molar-refractivity contribution in [3.63, 3.8) is 0 Å². The minimum atomic E-state index is -2.82. The maximum atomic E-state index is 13.9. The van der Waals surface area contributed by atoms with Crippen molar-refractivity contribution in [1.29, 1.82) is 0 Å². The molecule has 0 heterocycles. The molecule has 0 saturated heterocycles. The SMILES string of the molecule is COC(=O)c1ccc(C#Cc2ccc(O)cc2C(F)F)c(F)c1. The first-order valence-corrected chi connectivity index (χ1v) is 6.43. The van der Waals surface area contributed by atoms with Crippen LogP contribution in [-0.2, 0) is 4.74 Å². The van der Waals surface area contributed by atoms with Gasteiger partial charge < -0.3 is 9.84 Å². The molecular weight excluding hydrogens is 309 g/mol. The predicted molar refractivity (Wildman–Crippen MR) is 76.8 cm³/mol. The Kier molecular flexibility index (Phi) is 4.91. The molecular formula is C17H11F3O3. The molecule has 0 aliphatic heterocycles. The number of carbonyl (C=O) groups is 1. The summed E-state index contributed by atoms with van der Waals surface area (Å²) in [5.41, 5.74) is -0.488. The van der Waals surface area contributed by atoms with Crippen molar-refractivity contribution < 1.29 is 27.8 Å². The van der Waals surface area contributed by atoms with Crippen LogP contribution in [0.2, 0.25) is 0 Å². The van der Waals surface area contributed by atoms with Gasteiger partial charge in [-0.1, -0.05) is 11.8 Å². The third-order valence-electron chi connectivity index (χ3n) is 2.99. The average Bonchev–Trinajstić information content (AvgIpc) is 2.53. The Hall–Kier alpha value is -2.94. The average molecular weight is 320 g/mol. The van der Waals surface area contributed by atoms with E-state index in [0.717, 1.165) is 12.1 Å². The number of alkyl halides is 2. The first-order chi connectivity index (χ1) is 10.9. The maximum Gasteiger partial charge on any atom is 0.337 e.